The molecule has 0 aliphatic carbocycles. The van der Waals surface area contributed by atoms with Crippen LogP contribution >= 0.6 is 11.8 Å². The largest absolute Gasteiger partial charge is 0.403 e. The van der Waals surface area contributed by atoms with E-state index in [1.54, 1.807) is 11.8 Å². The first-order chi connectivity index (χ1) is 19.9. The van der Waals surface area contributed by atoms with E-state index in [1.807, 2.05) is 12.1 Å². The van der Waals surface area contributed by atoms with Crippen LogP contribution in [0.3, 0.4) is 0 Å². The van der Waals surface area contributed by atoms with Crippen LogP contribution < -0.4 is 15.3 Å². The van der Waals surface area contributed by atoms with Crippen molar-refractivity contribution in [1.29, 1.82) is 0 Å². The number of hydrogen-bond acceptors (Lipinski definition) is 4. The SMILES string of the molecule is CCCCCCN1c2cccc(C=O)c2Sc2c(CO[Si](c3ccccc3)(c3ccccc3)C(C)(C)C)cccc21. The summed E-state index contributed by atoms with van der Waals surface area (Å²) in [5.41, 5.74) is 4.27. The zero-order valence-electron chi connectivity index (χ0n) is 24.7. The summed E-state index contributed by atoms with van der Waals surface area (Å²) >= 11 is 1.72. The second kappa shape index (κ2) is 12.8. The topological polar surface area (TPSA) is 29.5 Å². The molecular weight excluding hydrogens is 539 g/mol. The lowest BCUT2D eigenvalue weighted by atomic mass is 10.1. The van der Waals surface area contributed by atoms with Gasteiger partial charge in [-0.05, 0) is 39.5 Å². The van der Waals surface area contributed by atoms with Crippen LogP contribution in [0.15, 0.2) is 107 Å². The molecular formula is C36H41NO2SSi. The number of nitrogens with zero attached hydrogens (tertiary/aromatic N) is 1. The van der Waals surface area contributed by atoms with Gasteiger partial charge in [-0.25, -0.2) is 0 Å². The molecule has 0 radical (unpaired) electrons. The molecule has 1 heterocycles. The van der Waals surface area contributed by atoms with Crippen molar-refractivity contribution in [2.45, 2.75) is 74.8 Å². The van der Waals surface area contributed by atoms with Crippen molar-refractivity contribution in [2.75, 3.05) is 11.4 Å². The summed E-state index contributed by atoms with van der Waals surface area (Å²) < 4.78 is 7.35. The molecule has 0 amide bonds. The van der Waals surface area contributed by atoms with E-state index in [-0.39, 0.29) is 5.04 Å². The molecule has 3 nitrogen and oxygen atoms in total. The van der Waals surface area contributed by atoms with E-state index < -0.39 is 8.32 Å². The van der Waals surface area contributed by atoms with Crippen LogP contribution in [0.25, 0.3) is 0 Å². The highest BCUT2D eigenvalue weighted by molar-refractivity contribution is 8.00. The second-order valence-electron chi connectivity index (χ2n) is 11.8. The maximum absolute atomic E-state index is 12.1. The van der Waals surface area contributed by atoms with Crippen LogP contribution in [-0.4, -0.2) is 21.1 Å². The number of rotatable bonds is 11. The second-order valence-corrected chi connectivity index (χ2v) is 17.2. The average Bonchev–Trinajstić information content (AvgIpc) is 2.99. The maximum Gasteiger partial charge on any atom is 0.261 e. The molecule has 212 valence electrons. The quantitative estimate of drug-likeness (QED) is 0.101. The van der Waals surface area contributed by atoms with Gasteiger partial charge in [0.1, 0.15) is 0 Å². The van der Waals surface area contributed by atoms with Crippen molar-refractivity contribution in [3.63, 3.8) is 0 Å². The number of anilines is 2. The van der Waals surface area contributed by atoms with Gasteiger partial charge in [-0.1, -0.05) is 144 Å². The molecule has 5 rings (SSSR count). The normalized spacial score (nSPS) is 13.0. The molecule has 1 aliphatic heterocycles. The smallest absolute Gasteiger partial charge is 0.261 e. The number of carbonyl (C=O) groups is 1. The molecule has 41 heavy (non-hydrogen) atoms. The lowest BCUT2D eigenvalue weighted by Crippen LogP contribution is -2.66. The van der Waals surface area contributed by atoms with E-state index in [4.69, 9.17) is 4.43 Å². The van der Waals surface area contributed by atoms with E-state index in [9.17, 15) is 4.79 Å². The van der Waals surface area contributed by atoms with Gasteiger partial charge in [0, 0.05) is 21.9 Å². The number of aldehydes is 1. The molecule has 0 N–H and O–H groups in total. The van der Waals surface area contributed by atoms with E-state index in [0.717, 1.165) is 35.4 Å². The minimum absolute atomic E-state index is 0.0969. The molecule has 0 saturated carbocycles. The molecule has 0 spiro atoms. The minimum Gasteiger partial charge on any atom is -0.403 e. The van der Waals surface area contributed by atoms with Crippen molar-refractivity contribution >= 4 is 48.1 Å². The van der Waals surface area contributed by atoms with Crippen LogP contribution in [0.2, 0.25) is 5.04 Å². The highest BCUT2D eigenvalue weighted by Crippen LogP contribution is 2.51. The van der Waals surface area contributed by atoms with E-state index in [1.165, 1.54) is 45.8 Å². The minimum atomic E-state index is -2.69. The zero-order valence-corrected chi connectivity index (χ0v) is 26.5. The van der Waals surface area contributed by atoms with Gasteiger partial charge in [0.15, 0.2) is 6.29 Å². The Morgan fingerprint density at radius 3 is 1.95 bits per heavy atom. The summed E-state index contributed by atoms with van der Waals surface area (Å²) in [6.45, 7) is 10.6. The molecule has 4 aromatic rings. The Morgan fingerprint density at radius 1 is 0.756 bits per heavy atom. The van der Waals surface area contributed by atoms with Crippen molar-refractivity contribution in [2.24, 2.45) is 0 Å². The summed E-state index contributed by atoms with van der Waals surface area (Å²) in [5, 5.41) is 2.46. The third-order valence-corrected chi connectivity index (χ3v) is 14.4. The fourth-order valence-corrected chi connectivity index (χ4v) is 11.9. The highest BCUT2D eigenvalue weighted by atomic mass is 32.2. The summed E-state index contributed by atoms with van der Waals surface area (Å²) in [4.78, 5) is 16.8. The van der Waals surface area contributed by atoms with Crippen LogP contribution in [0.5, 0.6) is 0 Å². The number of hydrogen-bond donors (Lipinski definition) is 0. The molecule has 4 aromatic carbocycles. The standard InChI is InChI=1S/C36H41NO2SSi/c1-5-6-7-14-25-37-32-23-15-17-28(26-38)34(32)40-35-29(18-16-24-33(35)37)27-39-41(36(2,3)4,30-19-10-8-11-20-30)31-21-12-9-13-22-31/h8-13,15-24,26H,5-7,14,25,27H2,1-4H3. The van der Waals surface area contributed by atoms with Gasteiger partial charge in [-0.15, -0.1) is 0 Å². The Labute approximate surface area is 251 Å². The van der Waals surface area contributed by atoms with Gasteiger partial charge in [0.2, 0.25) is 0 Å². The molecule has 0 atom stereocenters. The van der Waals surface area contributed by atoms with E-state index >= 15 is 0 Å². The monoisotopic (exact) mass is 579 g/mol. The zero-order chi connectivity index (χ0) is 28.9. The van der Waals surface area contributed by atoms with Crippen LogP contribution in [-0.2, 0) is 11.0 Å². The summed E-state index contributed by atoms with van der Waals surface area (Å²) in [6.07, 6.45) is 5.76. The van der Waals surface area contributed by atoms with Gasteiger partial charge in [0.05, 0.1) is 18.0 Å². The van der Waals surface area contributed by atoms with Crippen molar-refractivity contribution < 1.29 is 9.22 Å². The average molecular weight is 580 g/mol. The third-order valence-electron chi connectivity index (χ3n) is 8.11. The molecule has 1 aliphatic rings. The predicted octanol–water partition coefficient (Wildman–Crippen LogP) is 8.76. The number of carbonyl (C=O) groups excluding carboxylic acids is 1. The van der Waals surface area contributed by atoms with Crippen molar-refractivity contribution in [3.05, 3.63) is 108 Å². The molecule has 0 saturated heterocycles. The lowest BCUT2D eigenvalue weighted by molar-refractivity contribution is 0.112. The lowest BCUT2D eigenvalue weighted by Gasteiger charge is -2.43. The van der Waals surface area contributed by atoms with Gasteiger partial charge in [-0.3, -0.25) is 4.79 Å². The van der Waals surface area contributed by atoms with E-state index in [0.29, 0.717) is 6.61 Å². The first-order valence-corrected chi connectivity index (χ1v) is 17.5. The van der Waals surface area contributed by atoms with Crippen molar-refractivity contribution in [3.8, 4) is 0 Å². The summed E-state index contributed by atoms with van der Waals surface area (Å²) in [7, 11) is -2.69. The fourth-order valence-electron chi connectivity index (χ4n) is 6.09. The maximum atomic E-state index is 12.1. The number of unbranched alkanes of at least 4 members (excludes halogenated alkanes) is 3. The van der Waals surface area contributed by atoms with Crippen molar-refractivity contribution in [1.82, 2.24) is 0 Å². The van der Waals surface area contributed by atoms with E-state index in [2.05, 4.69) is 118 Å². The Morgan fingerprint density at radius 2 is 1.37 bits per heavy atom. The van der Waals surface area contributed by atoms with Gasteiger partial charge < -0.3 is 9.33 Å². The Kier molecular flexibility index (Phi) is 9.18. The van der Waals surface area contributed by atoms with Gasteiger partial charge >= 0.3 is 0 Å². The predicted molar refractivity (Wildman–Crippen MR) is 176 cm³/mol. The summed E-state index contributed by atoms with van der Waals surface area (Å²) in [5.74, 6) is 0. The Hall–Kier alpha value is -3.12. The van der Waals surface area contributed by atoms with Crippen LogP contribution in [0.4, 0.5) is 11.4 Å². The number of fused-ring (bicyclic) bond motifs is 2. The molecule has 0 aromatic heterocycles. The fraction of sp³-hybridized carbons (Fsp3) is 0.306. The highest BCUT2D eigenvalue weighted by Gasteiger charge is 2.50. The molecule has 5 heteroatoms. The van der Waals surface area contributed by atoms with Gasteiger partial charge in [0.25, 0.3) is 8.32 Å². The number of benzene rings is 4. The summed E-state index contributed by atoms with van der Waals surface area (Å²) in [6, 6.07) is 34.3. The Balaban J connectivity index is 1.57. The molecule has 0 fully saturated rings. The first kappa shape index (κ1) is 29.4. The van der Waals surface area contributed by atoms with Crippen LogP contribution in [0, 0.1) is 0 Å². The van der Waals surface area contributed by atoms with Crippen LogP contribution in [0.1, 0.15) is 69.3 Å². The third kappa shape index (κ3) is 5.81. The van der Waals surface area contributed by atoms with Gasteiger partial charge in [-0.2, -0.15) is 0 Å². The molecule has 0 unspecified atom stereocenters. The Bertz CT molecular complexity index is 1430. The first-order valence-electron chi connectivity index (χ1n) is 14.8. The molecule has 0 bridgehead atoms.